The van der Waals surface area contributed by atoms with E-state index in [1.165, 1.54) is 0 Å². The van der Waals surface area contributed by atoms with Crippen molar-refractivity contribution in [2.75, 3.05) is 6.54 Å². The molecule has 1 aliphatic heterocycles. The topological polar surface area (TPSA) is 29.1 Å². The first-order valence-corrected chi connectivity index (χ1v) is 8.25. The summed E-state index contributed by atoms with van der Waals surface area (Å²) in [4.78, 5) is 11.0. The number of hydrogen-bond donors (Lipinski definition) is 1. The maximum Gasteiger partial charge on any atom is 0.219 e. The summed E-state index contributed by atoms with van der Waals surface area (Å²) in [5.41, 5.74) is 0. The second-order valence-corrected chi connectivity index (χ2v) is 9.71. The van der Waals surface area contributed by atoms with Crippen molar-refractivity contribution in [3.8, 4) is 0 Å². The van der Waals surface area contributed by atoms with Gasteiger partial charge < -0.3 is 5.32 Å². The van der Waals surface area contributed by atoms with Gasteiger partial charge in [-0.15, -0.1) is 0 Å². The molecule has 4 heteroatoms. The van der Waals surface area contributed by atoms with E-state index in [0.717, 1.165) is 31.1 Å². The van der Waals surface area contributed by atoms with Gasteiger partial charge in [0.1, 0.15) is 0 Å². The molecule has 2 nitrogen and oxygen atoms in total. The average Bonchev–Trinajstić information content (AvgIpc) is 2.15. The van der Waals surface area contributed by atoms with Crippen LogP contribution < -0.4 is 5.32 Å². The monoisotopic (exact) mass is 205 g/mol. The molecule has 1 N–H and O–H groups in total. The average molecular weight is 206 g/mol. The predicted octanol–water partition coefficient (Wildman–Crippen LogP) is 2.10. The molecular formula is C8H16ClNOSi. The first kappa shape index (κ1) is 10.1. The molecule has 0 aromatic heterocycles. The second kappa shape index (κ2) is 4.28. The lowest BCUT2D eigenvalue weighted by molar-refractivity contribution is -0.120. The Bertz CT molecular complexity index is 176. The van der Waals surface area contributed by atoms with Crippen molar-refractivity contribution < 1.29 is 4.79 Å². The minimum atomic E-state index is -1.54. The van der Waals surface area contributed by atoms with Crippen LogP contribution in [0, 0.1) is 0 Å². The molecule has 0 aromatic rings. The van der Waals surface area contributed by atoms with Crippen molar-refractivity contribution in [3.63, 3.8) is 0 Å². The highest BCUT2D eigenvalue weighted by atomic mass is 35.6. The van der Waals surface area contributed by atoms with Crippen LogP contribution in [0.5, 0.6) is 0 Å². The molecule has 0 saturated carbocycles. The lowest BCUT2D eigenvalue weighted by Gasteiger charge is -2.20. The van der Waals surface area contributed by atoms with Crippen molar-refractivity contribution in [3.05, 3.63) is 0 Å². The van der Waals surface area contributed by atoms with E-state index >= 15 is 0 Å². The number of carbonyl (C=O) groups excluding carboxylic acids is 1. The smallest absolute Gasteiger partial charge is 0.219 e. The summed E-state index contributed by atoms with van der Waals surface area (Å²) < 4.78 is 0. The third kappa shape index (κ3) is 2.79. The van der Waals surface area contributed by atoms with Gasteiger partial charge in [-0.05, 0) is 18.1 Å². The molecule has 1 heterocycles. The molecule has 0 spiro atoms. The highest BCUT2D eigenvalue weighted by Gasteiger charge is 2.32. The molecular weight excluding hydrogens is 190 g/mol. The van der Waals surface area contributed by atoms with E-state index in [-0.39, 0.29) is 5.91 Å². The van der Waals surface area contributed by atoms with Gasteiger partial charge in [0.25, 0.3) is 0 Å². The summed E-state index contributed by atoms with van der Waals surface area (Å²) in [6.45, 7) is 2.96. The van der Waals surface area contributed by atoms with Gasteiger partial charge in [0, 0.05) is 13.0 Å². The third-order valence-corrected chi connectivity index (χ3v) is 7.78. The van der Waals surface area contributed by atoms with Gasteiger partial charge in [-0.3, -0.25) is 4.79 Å². The Morgan fingerprint density at radius 1 is 1.58 bits per heavy atom. The van der Waals surface area contributed by atoms with E-state index in [2.05, 4.69) is 12.2 Å². The van der Waals surface area contributed by atoms with Crippen LogP contribution in [-0.2, 0) is 4.79 Å². The van der Waals surface area contributed by atoms with Crippen LogP contribution in [-0.4, -0.2) is 19.8 Å². The maximum atomic E-state index is 11.0. The minimum absolute atomic E-state index is 0.182. The fraction of sp³-hybridized carbons (Fsp3) is 0.875. The predicted molar refractivity (Wildman–Crippen MR) is 53.9 cm³/mol. The van der Waals surface area contributed by atoms with Crippen LogP contribution in [0.15, 0.2) is 0 Å². The van der Waals surface area contributed by atoms with E-state index in [0.29, 0.717) is 6.42 Å². The maximum absolute atomic E-state index is 11.0. The molecule has 0 aliphatic carbocycles. The fourth-order valence-corrected chi connectivity index (χ4v) is 5.70. The number of carbonyl (C=O) groups is 1. The molecule has 0 bridgehead atoms. The summed E-state index contributed by atoms with van der Waals surface area (Å²) in [5, 5.41) is 2.87. The molecule has 1 unspecified atom stereocenters. The Hall–Kier alpha value is -0.0231. The zero-order chi connectivity index (χ0) is 9.03. The largest absolute Gasteiger partial charge is 0.356 e. The second-order valence-electron chi connectivity index (χ2n) is 3.50. The zero-order valence-electron chi connectivity index (χ0n) is 7.53. The van der Waals surface area contributed by atoms with Crippen molar-refractivity contribution >= 4 is 24.4 Å². The first-order chi connectivity index (χ1) is 5.66. The molecule has 1 fully saturated rings. The number of hydrogen-bond acceptors (Lipinski definition) is 1. The number of halogens is 1. The number of nitrogens with one attached hydrogen (secondary N) is 1. The van der Waals surface area contributed by atoms with Crippen molar-refractivity contribution in [1.82, 2.24) is 5.32 Å². The van der Waals surface area contributed by atoms with Crippen molar-refractivity contribution in [2.45, 2.75) is 37.9 Å². The van der Waals surface area contributed by atoms with Gasteiger partial charge in [-0.2, -0.15) is 11.1 Å². The van der Waals surface area contributed by atoms with E-state index < -0.39 is 7.38 Å². The van der Waals surface area contributed by atoms with Crippen LogP contribution in [0.25, 0.3) is 0 Å². The molecule has 70 valence electrons. The van der Waals surface area contributed by atoms with Gasteiger partial charge in [0.15, 0.2) is 7.38 Å². The summed E-state index contributed by atoms with van der Waals surface area (Å²) in [7, 11) is -1.54. The van der Waals surface area contributed by atoms with Gasteiger partial charge in [-0.25, -0.2) is 0 Å². The summed E-state index contributed by atoms with van der Waals surface area (Å²) in [5.74, 6) is 0.182. The lowest BCUT2D eigenvalue weighted by Crippen LogP contribution is -2.27. The van der Waals surface area contributed by atoms with Gasteiger partial charge in [-0.1, -0.05) is 13.3 Å². The zero-order valence-corrected chi connectivity index (χ0v) is 9.28. The Morgan fingerprint density at radius 2 is 2.33 bits per heavy atom. The molecule has 1 saturated heterocycles. The minimum Gasteiger partial charge on any atom is -0.356 e. The molecule has 0 aromatic carbocycles. The lowest BCUT2D eigenvalue weighted by atomic mass is 10.4. The normalized spacial score (nSPS) is 31.0. The van der Waals surface area contributed by atoms with Crippen molar-refractivity contribution in [2.24, 2.45) is 0 Å². The Balaban J connectivity index is 2.48. The van der Waals surface area contributed by atoms with Crippen LogP contribution in [0.4, 0.5) is 0 Å². The fourth-order valence-electron chi connectivity index (χ4n) is 1.67. The summed E-state index contributed by atoms with van der Waals surface area (Å²) in [6, 6.07) is 3.17. The first-order valence-electron chi connectivity index (χ1n) is 4.62. The van der Waals surface area contributed by atoms with Crippen LogP contribution in [0.2, 0.25) is 18.1 Å². The molecule has 0 radical (unpaired) electrons. The highest BCUT2D eigenvalue weighted by molar-refractivity contribution is 7.20. The van der Waals surface area contributed by atoms with Crippen LogP contribution >= 0.6 is 11.1 Å². The summed E-state index contributed by atoms with van der Waals surface area (Å²) >= 11 is 6.49. The van der Waals surface area contributed by atoms with Crippen molar-refractivity contribution in [1.29, 1.82) is 0 Å². The number of amides is 1. The molecule has 1 rings (SSSR count). The standard InChI is InChI=1S/C8H16ClNOSi/c1-2-5-12(9)6-3-8(11)10-4-7-12/h2-7H2,1H3,(H,10,11). The molecule has 12 heavy (non-hydrogen) atoms. The SMILES string of the molecule is CCC[Si]1(Cl)CCNC(=O)CC1. The van der Waals surface area contributed by atoms with E-state index in [4.69, 9.17) is 11.1 Å². The van der Waals surface area contributed by atoms with E-state index in [1.807, 2.05) is 0 Å². The molecule has 1 atom stereocenters. The van der Waals surface area contributed by atoms with Gasteiger partial charge >= 0.3 is 0 Å². The van der Waals surface area contributed by atoms with E-state index in [9.17, 15) is 4.79 Å². The third-order valence-electron chi connectivity index (χ3n) is 2.39. The van der Waals surface area contributed by atoms with E-state index in [1.54, 1.807) is 0 Å². The van der Waals surface area contributed by atoms with Crippen LogP contribution in [0.1, 0.15) is 19.8 Å². The van der Waals surface area contributed by atoms with Gasteiger partial charge in [0.2, 0.25) is 5.91 Å². The van der Waals surface area contributed by atoms with Crippen LogP contribution in [0.3, 0.4) is 0 Å². The Morgan fingerprint density at radius 3 is 3.00 bits per heavy atom. The van der Waals surface area contributed by atoms with Gasteiger partial charge in [0.05, 0.1) is 0 Å². The Kier molecular flexibility index (Phi) is 3.59. The number of rotatable bonds is 2. The molecule has 1 aliphatic rings. The highest BCUT2D eigenvalue weighted by Crippen LogP contribution is 2.29. The quantitative estimate of drug-likeness (QED) is 0.543. The Labute approximate surface area is 79.4 Å². The summed E-state index contributed by atoms with van der Waals surface area (Å²) in [6.07, 6.45) is 1.81. The molecule has 1 amide bonds.